The number of benzene rings is 1. The van der Waals surface area contributed by atoms with Gasteiger partial charge < -0.3 is 19.4 Å². The summed E-state index contributed by atoms with van der Waals surface area (Å²) in [4.78, 5) is 21.5. The van der Waals surface area contributed by atoms with Gasteiger partial charge in [-0.15, -0.1) is 0 Å². The quantitative estimate of drug-likeness (QED) is 0.437. The van der Waals surface area contributed by atoms with Crippen LogP contribution < -0.4 is 9.84 Å². The van der Waals surface area contributed by atoms with Crippen molar-refractivity contribution in [3.05, 3.63) is 29.8 Å². The first kappa shape index (κ1) is 14.4. The Hall–Kier alpha value is -1.69. The highest BCUT2D eigenvalue weighted by Gasteiger charge is 2.01. The van der Waals surface area contributed by atoms with E-state index in [1.165, 1.54) is 24.3 Å². The summed E-state index contributed by atoms with van der Waals surface area (Å²) in [6.45, 7) is 0.359. The number of carboxylic acids is 1. The van der Waals surface area contributed by atoms with E-state index < -0.39 is 5.97 Å². The molecule has 0 radical (unpaired) electrons. The lowest BCUT2D eigenvalue weighted by Gasteiger charge is -2.08. The standard InChI is InChI=1S/C12H14O5S/c13-11(5-8-18)17-7-6-16-10-3-1-9(2-4-10)12(14)15/h1-4,18H,5-8H2,(H,14,15)/p-1. The second-order valence-corrected chi connectivity index (χ2v) is 3.80. The van der Waals surface area contributed by atoms with Gasteiger partial charge in [-0.2, -0.15) is 12.6 Å². The van der Waals surface area contributed by atoms with Crippen molar-refractivity contribution in [1.82, 2.24) is 0 Å². The fourth-order valence-electron chi connectivity index (χ4n) is 1.17. The molecule has 0 amide bonds. The smallest absolute Gasteiger partial charge is 0.306 e. The molecule has 0 fully saturated rings. The average Bonchev–Trinajstić information content (AvgIpc) is 2.35. The topological polar surface area (TPSA) is 75.7 Å². The van der Waals surface area contributed by atoms with Gasteiger partial charge in [0, 0.05) is 5.75 Å². The van der Waals surface area contributed by atoms with Crippen LogP contribution in [0.2, 0.25) is 0 Å². The van der Waals surface area contributed by atoms with Crippen molar-refractivity contribution in [1.29, 1.82) is 0 Å². The number of ether oxygens (including phenoxy) is 2. The van der Waals surface area contributed by atoms with Crippen molar-refractivity contribution in [3.8, 4) is 5.75 Å². The molecule has 0 atom stereocenters. The third-order valence-corrected chi connectivity index (χ3v) is 2.24. The van der Waals surface area contributed by atoms with E-state index in [9.17, 15) is 14.7 Å². The van der Waals surface area contributed by atoms with Crippen molar-refractivity contribution in [2.24, 2.45) is 0 Å². The molecule has 0 aliphatic carbocycles. The number of esters is 1. The SMILES string of the molecule is O=C(CCS)OCCOc1ccc(C(=O)[O-])cc1. The van der Waals surface area contributed by atoms with Gasteiger partial charge in [-0.3, -0.25) is 4.79 Å². The van der Waals surface area contributed by atoms with E-state index in [-0.39, 0.29) is 31.2 Å². The normalized spacial score (nSPS) is 9.83. The van der Waals surface area contributed by atoms with Gasteiger partial charge in [0.15, 0.2) is 0 Å². The van der Waals surface area contributed by atoms with E-state index >= 15 is 0 Å². The summed E-state index contributed by atoms with van der Waals surface area (Å²) in [7, 11) is 0. The van der Waals surface area contributed by atoms with Gasteiger partial charge in [0.05, 0.1) is 12.4 Å². The van der Waals surface area contributed by atoms with E-state index in [0.717, 1.165) is 0 Å². The second-order valence-electron chi connectivity index (χ2n) is 3.35. The van der Waals surface area contributed by atoms with Crippen LogP contribution in [0, 0.1) is 0 Å². The molecule has 0 bridgehead atoms. The second kappa shape index (κ2) is 7.60. The molecule has 0 saturated carbocycles. The van der Waals surface area contributed by atoms with Crippen molar-refractivity contribution in [3.63, 3.8) is 0 Å². The Morgan fingerprint density at radius 3 is 2.39 bits per heavy atom. The van der Waals surface area contributed by atoms with Crippen LogP contribution in [-0.2, 0) is 9.53 Å². The van der Waals surface area contributed by atoms with Gasteiger partial charge in [0.1, 0.15) is 19.0 Å². The fraction of sp³-hybridized carbons (Fsp3) is 0.333. The zero-order valence-corrected chi connectivity index (χ0v) is 10.5. The Bertz CT molecular complexity index is 401. The minimum absolute atomic E-state index is 0.0857. The van der Waals surface area contributed by atoms with E-state index in [0.29, 0.717) is 11.5 Å². The van der Waals surface area contributed by atoms with Gasteiger partial charge in [-0.05, 0) is 29.8 Å². The molecular weight excluding hydrogens is 256 g/mol. The Morgan fingerprint density at radius 1 is 1.17 bits per heavy atom. The molecule has 0 N–H and O–H groups in total. The number of carbonyl (C=O) groups excluding carboxylic acids is 2. The van der Waals surface area contributed by atoms with E-state index in [1.807, 2.05) is 0 Å². The number of aromatic carboxylic acids is 1. The van der Waals surface area contributed by atoms with Crippen LogP contribution in [0.3, 0.4) is 0 Å². The van der Waals surface area contributed by atoms with Crippen LogP contribution in [0.1, 0.15) is 16.8 Å². The van der Waals surface area contributed by atoms with Crippen LogP contribution in [0.25, 0.3) is 0 Å². The molecule has 6 heteroatoms. The van der Waals surface area contributed by atoms with Gasteiger partial charge >= 0.3 is 5.97 Å². The Morgan fingerprint density at radius 2 is 1.83 bits per heavy atom. The summed E-state index contributed by atoms with van der Waals surface area (Å²) < 4.78 is 10.1. The molecule has 0 aliphatic heterocycles. The number of hydrogen-bond acceptors (Lipinski definition) is 6. The summed E-state index contributed by atoms with van der Waals surface area (Å²) in [6, 6.07) is 5.80. The number of carboxylic acid groups (broad SMARTS) is 1. The van der Waals surface area contributed by atoms with Crippen molar-refractivity contribution in [2.75, 3.05) is 19.0 Å². The summed E-state index contributed by atoms with van der Waals surface area (Å²) in [5, 5.41) is 10.5. The van der Waals surface area contributed by atoms with Crippen molar-refractivity contribution < 1.29 is 24.2 Å². The first-order valence-corrected chi connectivity index (χ1v) is 5.97. The van der Waals surface area contributed by atoms with Gasteiger partial charge in [0.25, 0.3) is 0 Å². The highest BCUT2D eigenvalue weighted by atomic mass is 32.1. The van der Waals surface area contributed by atoms with Crippen LogP contribution >= 0.6 is 12.6 Å². The maximum Gasteiger partial charge on any atom is 0.306 e. The zero-order chi connectivity index (χ0) is 13.4. The minimum atomic E-state index is -1.23. The lowest BCUT2D eigenvalue weighted by atomic mass is 10.2. The Kier molecular flexibility index (Phi) is 6.07. The number of hydrogen-bond donors (Lipinski definition) is 1. The molecule has 1 aromatic carbocycles. The summed E-state index contributed by atoms with van der Waals surface area (Å²) >= 11 is 3.90. The molecule has 1 rings (SSSR count). The monoisotopic (exact) mass is 269 g/mol. The highest BCUT2D eigenvalue weighted by Crippen LogP contribution is 2.11. The van der Waals surface area contributed by atoms with E-state index in [2.05, 4.69) is 12.6 Å². The van der Waals surface area contributed by atoms with Crippen LogP contribution in [0.15, 0.2) is 24.3 Å². The van der Waals surface area contributed by atoms with Gasteiger partial charge in [-0.1, -0.05) is 0 Å². The minimum Gasteiger partial charge on any atom is -0.545 e. The first-order chi connectivity index (χ1) is 8.63. The average molecular weight is 269 g/mol. The molecule has 0 spiro atoms. The molecule has 0 aliphatic rings. The van der Waals surface area contributed by atoms with E-state index in [1.54, 1.807) is 0 Å². The molecule has 18 heavy (non-hydrogen) atoms. The molecule has 0 saturated heterocycles. The summed E-state index contributed by atoms with van der Waals surface area (Å²) in [5.74, 6) is -0.599. The number of rotatable bonds is 7. The summed E-state index contributed by atoms with van der Waals surface area (Å²) in [5.41, 5.74) is 0.0857. The van der Waals surface area contributed by atoms with Crippen molar-refractivity contribution in [2.45, 2.75) is 6.42 Å². The predicted molar refractivity (Wildman–Crippen MR) is 65.7 cm³/mol. The van der Waals surface area contributed by atoms with Crippen molar-refractivity contribution >= 4 is 24.6 Å². The summed E-state index contributed by atoms with van der Waals surface area (Å²) in [6.07, 6.45) is 0.267. The molecule has 0 aromatic heterocycles. The Balaban J connectivity index is 2.27. The fourth-order valence-corrected chi connectivity index (χ4v) is 1.35. The van der Waals surface area contributed by atoms with Gasteiger partial charge in [-0.25, -0.2) is 0 Å². The van der Waals surface area contributed by atoms with Crippen LogP contribution in [0.4, 0.5) is 0 Å². The van der Waals surface area contributed by atoms with Gasteiger partial charge in [0.2, 0.25) is 0 Å². The lowest BCUT2D eigenvalue weighted by molar-refractivity contribution is -0.255. The van der Waals surface area contributed by atoms with Crippen LogP contribution in [0.5, 0.6) is 5.75 Å². The first-order valence-electron chi connectivity index (χ1n) is 5.34. The number of thiol groups is 1. The third-order valence-electron chi connectivity index (χ3n) is 2.02. The Labute approximate surface area is 110 Å². The number of carbonyl (C=O) groups is 2. The molecular formula is C12H13O5S-. The molecule has 5 nitrogen and oxygen atoms in total. The van der Waals surface area contributed by atoms with E-state index in [4.69, 9.17) is 9.47 Å². The largest absolute Gasteiger partial charge is 0.545 e. The molecule has 0 heterocycles. The maximum atomic E-state index is 11.0. The van der Waals surface area contributed by atoms with Crippen LogP contribution in [-0.4, -0.2) is 30.9 Å². The third kappa shape index (κ3) is 5.09. The molecule has 98 valence electrons. The predicted octanol–water partition coefficient (Wildman–Crippen LogP) is 0.292. The molecule has 0 unspecified atom stereocenters. The highest BCUT2D eigenvalue weighted by molar-refractivity contribution is 7.80. The molecule has 1 aromatic rings. The lowest BCUT2D eigenvalue weighted by Crippen LogP contribution is -2.21. The zero-order valence-electron chi connectivity index (χ0n) is 9.63. The maximum absolute atomic E-state index is 11.0.